The van der Waals surface area contributed by atoms with Crippen LogP contribution in [0.1, 0.15) is 18.5 Å². The molecule has 2 aromatic carbocycles. The molecule has 6 nitrogen and oxygen atoms in total. The molecule has 3 N–H and O–H groups in total. The van der Waals surface area contributed by atoms with Gasteiger partial charge in [0.15, 0.2) is 0 Å². The Kier molecular flexibility index (Phi) is 5.72. The van der Waals surface area contributed by atoms with Crippen LogP contribution >= 0.6 is 27.5 Å². The summed E-state index contributed by atoms with van der Waals surface area (Å²) in [5.41, 5.74) is 2.08. The number of anilines is 1. The largest absolute Gasteiger partial charge is 0.495 e. The van der Waals surface area contributed by atoms with Gasteiger partial charge >= 0.3 is 6.03 Å². The minimum Gasteiger partial charge on any atom is -0.495 e. The number of ether oxygens (including phenoxy) is 1. The minimum absolute atomic E-state index is 0.370. The van der Waals surface area contributed by atoms with Crippen molar-refractivity contribution >= 4 is 45.2 Å². The lowest BCUT2D eigenvalue weighted by atomic mass is 9.95. The second kappa shape index (κ2) is 8.02. The van der Waals surface area contributed by atoms with E-state index >= 15 is 0 Å². The molecule has 27 heavy (non-hydrogen) atoms. The molecule has 0 spiro atoms. The summed E-state index contributed by atoms with van der Waals surface area (Å²) in [4.78, 5) is 25.1. The molecule has 0 aliphatic carbocycles. The average Bonchev–Trinajstić information content (AvgIpc) is 2.61. The van der Waals surface area contributed by atoms with Gasteiger partial charge in [-0.15, -0.1) is 0 Å². The van der Waals surface area contributed by atoms with Gasteiger partial charge in [0.2, 0.25) is 0 Å². The van der Waals surface area contributed by atoms with E-state index in [1.54, 1.807) is 25.1 Å². The average molecular weight is 451 g/mol. The molecule has 3 amide bonds. The summed E-state index contributed by atoms with van der Waals surface area (Å²) in [5.74, 6) is 0.109. The van der Waals surface area contributed by atoms with Crippen LogP contribution < -0.4 is 20.7 Å². The number of hydrogen-bond donors (Lipinski definition) is 3. The van der Waals surface area contributed by atoms with Gasteiger partial charge < -0.3 is 20.7 Å². The molecule has 1 heterocycles. The highest BCUT2D eigenvalue weighted by molar-refractivity contribution is 9.10. The van der Waals surface area contributed by atoms with Crippen LogP contribution in [0, 0.1) is 0 Å². The van der Waals surface area contributed by atoms with Crippen molar-refractivity contribution in [2.75, 3.05) is 12.4 Å². The molecule has 0 radical (unpaired) electrons. The maximum atomic E-state index is 13.1. The lowest BCUT2D eigenvalue weighted by Gasteiger charge is -2.29. The van der Waals surface area contributed by atoms with Crippen LogP contribution in [-0.4, -0.2) is 19.0 Å². The van der Waals surface area contributed by atoms with Crippen molar-refractivity contribution in [2.24, 2.45) is 0 Å². The molecule has 1 aliphatic heterocycles. The Morgan fingerprint density at radius 1 is 1.26 bits per heavy atom. The highest BCUT2D eigenvalue weighted by atomic mass is 79.9. The third kappa shape index (κ3) is 4.09. The van der Waals surface area contributed by atoms with E-state index < -0.39 is 6.04 Å². The normalized spacial score (nSPS) is 16.4. The van der Waals surface area contributed by atoms with Crippen molar-refractivity contribution in [3.63, 3.8) is 0 Å². The molecule has 2 aromatic rings. The second-order valence-corrected chi connectivity index (χ2v) is 7.18. The zero-order chi connectivity index (χ0) is 19.6. The van der Waals surface area contributed by atoms with Gasteiger partial charge in [-0.2, -0.15) is 0 Å². The predicted molar refractivity (Wildman–Crippen MR) is 108 cm³/mol. The summed E-state index contributed by atoms with van der Waals surface area (Å²) in [5, 5.41) is 8.75. The van der Waals surface area contributed by atoms with E-state index in [1.165, 1.54) is 7.11 Å². The fraction of sp³-hybridized carbons (Fsp3) is 0.158. The quantitative estimate of drug-likeness (QED) is 0.647. The van der Waals surface area contributed by atoms with Crippen LogP contribution in [0.25, 0.3) is 0 Å². The molecule has 3 rings (SSSR count). The van der Waals surface area contributed by atoms with Crippen molar-refractivity contribution in [1.82, 2.24) is 10.6 Å². The molecule has 0 aromatic heterocycles. The minimum atomic E-state index is -0.612. The zero-order valence-electron chi connectivity index (χ0n) is 14.6. The summed E-state index contributed by atoms with van der Waals surface area (Å²) < 4.78 is 6.07. The van der Waals surface area contributed by atoms with E-state index in [0.717, 1.165) is 10.0 Å². The van der Waals surface area contributed by atoms with Gasteiger partial charge in [-0.3, -0.25) is 4.79 Å². The number of carbonyl (C=O) groups excluding carboxylic acids is 2. The van der Waals surface area contributed by atoms with Gasteiger partial charge in [0, 0.05) is 15.2 Å². The number of amides is 3. The first-order chi connectivity index (χ1) is 12.9. The van der Waals surface area contributed by atoms with Crippen LogP contribution in [0.15, 0.2) is 58.2 Å². The molecule has 0 bridgehead atoms. The summed E-state index contributed by atoms with van der Waals surface area (Å²) in [6.45, 7) is 1.69. The topological polar surface area (TPSA) is 79.5 Å². The van der Waals surface area contributed by atoms with Crippen LogP contribution in [0.3, 0.4) is 0 Å². The molecule has 0 saturated carbocycles. The van der Waals surface area contributed by atoms with Crippen molar-refractivity contribution < 1.29 is 14.3 Å². The maximum absolute atomic E-state index is 13.1. The van der Waals surface area contributed by atoms with Crippen molar-refractivity contribution in [1.29, 1.82) is 0 Å². The first-order valence-electron chi connectivity index (χ1n) is 8.08. The van der Waals surface area contributed by atoms with Gasteiger partial charge in [-0.1, -0.05) is 45.7 Å². The first kappa shape index (κ1) is 19.3. The Hall–Kier alpha value is -2.51. The second-order valence-electron chi connectivity index (χ2n) is 5.89. The number of urea groups is 1. The molecular formula is C19H17BrClN3O3. The van der Waals surface area contributed by atoms with Crippen LogP contribution in [0.4, 0.5) is 10.5 Å². The lowest BCUT2D eigenvalue weighted by Crippen LogP contribution is -2.46. The van der Waals surface area contributed by atoms with Gasteiger partial charge in [0.1, 0.15) is 5.75 Å². The van der Waals surface area contributed by atoms with E-state index in [9.17, 15) is 9.59 Å². The summed E-state index contributed by atoms with van der Waals surface area (Å²) in [6, 6.07) is 11.4. The molecule has 8 heteroatoms. The summed E-state index contributed by atoms with van der Waals surface area (Å²) in [6.07, 6.45) is 0. The molecule has 1 aliphatic rings. The Bertz CT molecular complexity index is 946. The van der Waals surface area contributed by atoms with Crippen molar-refractivity contribution in [3.8, 4) is 5.75 Å². The molecule has 140 valence electrons. The highest BCUT2D eigenvalue weighted by Gasteiger charge is 2.32. The lowest BCUT2D eigenvalue weighted by molar-refractivity contribution is -0.113. The number of rotatable bonds is 4. The number of benzene rings is 2. The Morgan fingerprint density at radius 2 is 2.00 bits per heavy atom. The smallest absolute Gasteiger partial charge is 0.319 e. The Labute approximate surface area is 170 Å². The fourth-order valence-electron chi connectivity index (χ4n) is 2.90. The van der Waals surface area contributed by atoms with E-state index in [-0.39, 0.29) is 11.9 Å². The van der Waals surface area contributed by atoms with Crippen LogP contribution in [-0.2, 0) is 4.79 Å². The number of methoxy groups -OCH3 is 1. The van der Waals surface area contributed by atoms with Crippen LogP contribution in [0.2, 0.25) is 5.02 Å². The van der Waals surface area contributed by atoms with Gasteiger partial charge in [-0.25, -0.2) is 4.79 Å². The highest BCUT2D eigenvalue weighted by Crippen LogP contribution is 2.34. The number of nitrogens with one attached hydrogen (secondary N) is 3. The Morgan fingerprint density at radius 3 is 2.70 bits per heavy atom. The van der Waals surface area contributed by atoms with Crippen LogP contribution in [0.5, 0.6) is 5.75 Å². The third-order valence-electron chi connectivity index (χ3n) is 4.14. The zero-order valence-corrected chi connectivity index (χ0v) is 16.9. The van der Waals surface area contributed by atoms with E-state index in [2.05, 4.69) is 31.9 Å². The van der Waals surface area contributed by atoms with E-state index in [0.29, 0.717) is 27.7 Å². The van der Waals surface area contributed by atoms with Crippen molar-refractivity contribution in [2.45, 2.75) is 13.0 Å². The SMILES string of the molecule is COc1ccc(Cl)cc1NC(=O)C1=C(C)NC(=O)N[C@H]1c1ccccc1Br. The molecule has 0 unspecified atom stereocenters. The number of allylic oxidation sites excluding steroid dienone is 1. The monoisotopic (exact) mass is 449 g/mol. The summed E-state index contributed by atoms with van der Waals surface area (Å²) >= 11 is 9.53. The molecular weight excluding hydrogens is 434 g/mol. The molecule has 0 saturated heterocycles. The molecule has 1 atom stereocenters. The van der Waals surface area contributed by atoms with E-state index in [4.69, 9.17) is 16.3 Å². The summed E-state index contributed by atoms with van der Waals surface area (Å²) in [7, 11) is 1.51. The van der Waals surface area contributed by atoms with Gasteiger partial charge in [0.25, 0.3) is 5.91 Å². The number of hydrogen-bond acceptors (Lipinski definition) is 3. The maximum Gasteiger partial charge on any atom is 0.319 e. The Balaban J connectivity index is 2.00. The first-order valence-corrected chi connectivity index (χ1v) is 9.25. The molecule has 0 fully saturated rings. The van der Waals surface area contributed by atoms with Gasteiger partial charge in [0.05, 0.1) is 24.4 Å². The number of carbonyl (C=O) groups is 2. The van der Waals surface area contributed by atoms with Crippen molar-refractivity contribution in [3.05, 3.63) is 68.8 Å². The fourth-order valence-corrected chi connectivity index (χ4v) is 3.59. The van der Waals surface area contributed by atoms with E-state index in [1.807, 2.05) is 24.3 Å². The predicted octanol–water partition coefficient (Wildman–Crippen LogP) is 4.38. The van der Waals surface area contributed by atoms with Gasteiger partial charge in [-0.05, 0) is 36.8 Å². The third-order valence-corrected chi connectivity index (χ3v) is 5.10. The number of halogens is 2. The standard InChI is InChI=1S/C19H17BrClN3O3/c1-10-16(18(25)23-14-9-11(21)7-8-15(14)27-2)17(24-19(26)22-10)12-5-3-4-6-13(12)20/h3-9,17H,1-2H3,(H,23,25)(H2,22,24,26)/t17-/m0/s1.